The zero-order valence-corrected chi connectivity index (χ0v) is 9.35. The van der Waals surface area contributed by atoms with Crippen molar-refractivity contribution < 1.29 is 5.11 Å². The number of aliphatic hydroxyl groups is 1. The summed E-state index contributed by atoms with van der Waals surface area (Å²) >= 11 is 0. The SMILES string of the molecule is CC(C)c1ccnc(CN2CC(O)C2)c1. The lowest BCUT2D eigenvalue weighted by Crippen LogP contribution is -2.49. The first-order valence-electron chi connectivity index (χ1n) is 5.50. The van der Waals surface area contributed by atoms with Crippen LogP contribution in [0.5, 0.6) is 0 Å². The molecule has 0 saturated carbocycles. The summed E-state index contributed by atoms with van der Waals surface area (Å²) in [6.07, 6.45) is 1.75. The molecule has 1 aliphatic rings. The normalized spacial score (nSPS) is 18.1. The lowest BCUT2D eigenvalue weighted by molar-refractivity contribution is -0.00355. The van der Waals surface area contributed by atoms with Crippen molar-refractivity contribution in [3.05, 3.63) is 29.6 Å². The number of hydrogen-bond acceptors (Lipinski definition) is 3. The summed E-state index contributed by atoms with van der Waals surface area (Å²) in [5, 5.41) is 9.18. The van der Waals surface area contributed by atoms with Crippen LogP contribution in [0.2, 0.25) is 0 Å². The Morgan fingerprint density at radius 2 is 2.27 bits per heavy atom. The van der Waals surface area contributed by atoms with Crippen LogP contribution >= 0.6 is 0 Å². The van der Waals surface area contributed by atoms with Crippen LogP contribution in [0.4, 0.5) is 0 Å². The zero-order valence-electron chi connectivity index (χ0n) is 9.35. The molecule has 2 heterocycles. The highest BCUT2D eigenvalue weighted by Gasteiger charge is 2.24. The largest absolute Gasteiger partial charge is 0.390 e. The van der Waals surface area contributed by atoms with E-state index < -0.39 is 0 Å². The van der Waals surface area contributed by atoms with Crippen molar-refractivity contribution in [3.8, 4) is 0 Å². The quantitative estimate of drug-likeness (QED) is 0.811. The molecular weight excluding hydrogens is 188 g/mol. The van der Waals surface area contributed by atoms with Gasteiger partial charge in [0.15, 0.2) is 0 Å². The van der Waals surface area contributed by atoms with Gasteiger partial charge in [-0.3, -0.25) is 9.88 Å². The molecule has 1 saturated heterocycles. The molecule has 1 aromatic heterocycles. The van der Waals surface area contributed by atoms with E-state index in [-0.39, 0.29) is 6.10 Å². The molecule has 82 valence electrons. The van der Waals surface area contributed by atoms with Crippen molar-refractivity contribution in [1.82, 2.24) is 9.88 Å². The highest BCUT2D eigenvalue weighted by atomic mass is 16.3. The van der Waals surface area contributed by atoms with Crippen molar-refractivity contribution in [2.45, 2.75) is 32.4 Å². The van der Waals surface area contributed by atoms with Gasteiger partial charge in [0.25, 0.3) is 0 Å². The summed E-state index contributed by atoms with van der Waals surface area (Å²) in [5.41, 5.74) is 2.44. The van der Waals surface area contributed by atoms with Crippen LogP contribution in [0.25, 0.3) is 0 Å². The van der Waals surface area contributed by atoms with E-state index in [0.29, 0.717) is 5.92 Å². The van der Waals surface area contributed by atoms with Gasteiger partial charge in [0, 0.05) is 25.8 Å². The number of nitrogens with zero attached hydrogens (tertiary/aromatic N) is 2. The van der Waals surface area contributed by atoms with Crippen molar-refractivity contribution in [2.24, 2.45) is 0 Å². The van der Waals surface area contributed by atoms with Crippen LogP contribution in [-0.2, 0) is 6.54 Å². The van der Waals surface area contributed by atoms with Gasteiger partial charge in [-0.1, -0.05) is 13.8 Å². The molecule has 1 N–H and O–H groups in total. The molecule has 15 heavy (non-hydrogen) atoms. The Hall–Kier alpha value is -0.930. The van der Waals surface area contributed by atoms with E-state index in [1.165, 1.54) is 5.56 Å². The Morgan fingerprint density at radius 3 is 2.87 bits per heavy atom. The van der Waals surface area contributed by atoms with Gasteiger partial charge in [0.05, 0.1) is 11.8 Å². The highest BCUT2D eigenvalue weighted by Crippen LogP contribution is 2.16. The summed E-state index contributed by atoms with van der Waals surface area (Å²) in [5.74, 6) is 0.550. The zero-order chi connectivity index (χ0) is 10.8. The fourth-order valence-corrected chi connectivity index (χ4v) is 1.84. The van der Waals surface area contributed by atoms with Gasteiger partial charge in [-0.05, 0) is 23.6 Å². The lowest BCUT2D eigenvalue weighted by atomic mass is 10.0. The van der Waals surface area contributed by atoms with Gasteiger partial charge in [-0.15, -0.1) is 0 Å². The van der Waals surface area contributed by atoms with Gasteiger partial charge < -0.3 is 5.11 Å². The Morgan fingerprint density at radius 1 is 1.53 bits per heavy atom. The van der Waals surface area contributed by atoms with Gasteiger partial charge in [0.2, 0.25) is 0 Å². The molecule has 2 rings (SSSR count). The molecule has 0 bridgehead atoms. The molecule has 0 amide bonds. The lowest BCUT2D eigenvalue weighted by Gasteiger charge is -2.35. The maximum atomic E-state index is 9.18. The average Bonchev–Trinajstić information content (AvgIpc) is 2.16. The van der Waals surface area contributed by atoms with Crippen LogP contribution in [0, 0.1) is 0 Å². The van der Waals surface area contributed by atoms with Crippen LogP contribution in [0.3, 0.4) is 0 Å². The monoisotopic (exact) mass is 206 g/mol. The average molecular weight is 206 g/mol. The standard InChI is InChI=1S/C12H18N2O/c1-9(2)10-3-4-13-11(5-10)6-14-7-12(15)8-14/h3-5,9,12,15H,6-8H2,1-2H3. The third-order valence-electron chi connectivity index (χ3n) is 2.83. The van der Waals surface area contributed by atoms with E-state index in [4.69, 9.17) is 0 Å². The fraction of sp³-hybridized carbons (Fsp3) is 0.583. The van der Waals surface area contributed by atoms with E-state index in [9.17, 15) is 5.11 Å². The molecular formula is C12H18N2O. The first-order chi connectivity index (χ1) is 7.15. The van der Waals surface area contributed by atoms with Gasteiger partial charge in [-0.25, -0.2) is 0 Å². The predicted octanol–water partition coefficient (Wildman–Crippen LogP) is 1.38. The molecule has 0 spiro atoms. The van der Waals surface area contributed by atoms with Crippen molar-refractivity contribution >= 4 is 0 Å². The summed E-state index contributed by atoms with van der Waals surface area (Å²) in [7, 11) is 0. The van der Waals surface area contributed by atoms with Crippen LogP contribution < -0.4 is 0 Å². The summed E-state index contributed by atoms with van der Waals surface area (Å²) in [6.45, 7) is 6.80. The topological polar surface area (TPSA) is 36.4 Å². The van der Waals surface area contributed by atoms with Gasteiger partial charge in [-0.2, -0.15) is 0 Å². The number of pyridine rings is 1. The van der Waals surface area contributed by atoms with Crippen LogP contribution in [0.15, 0.2) is 18.3 Å². The van der Waals surface area contributed by atoms with E-state index in [0.717, 1.165) is 25.3 Å². The smallest absolute Gasteiger partial charge is 0.0794 e. The fourth-order valence-electron chi connectivity index (χ4n) is 1.84. The van der Waals surface area contributed by atoms with Crippen molar-refractivity contribution in [1.29, 1.82) is 0 Å². The third kappa shape index (κ3) is 2.55. The second-order valence-electron chi connectivity index (χ2n) is 4.58. The summed E-state index contributed by atoms with van der Waals surface area (Å²) < 4.78 is 0. The molecule has 0 aromatic carbocycles. The minimum atomic E-state index is -0.127. The van der Waals surface area contributed by atoms with Crippen molar-refractivity contribution in [3.63, 3.8) is 0 Å². The number of β-amino-alcohol motifs (C(OH)–C–C–N with tert-alkyl or cyclic N) is 1. The highest BCUT2D eigenvalue weighted by molar-refractivity contribution is 5.19. The van der Waals surface area contributed by atoms with E-state index in [1.54, 1.807) is 0 Å². The van der Waals surface area contributed by atoms with Crippen LogP contribution in [-0.4, -0.2) is 34.2 Å². The number of likely N-dealkylation sites (tertiary alicyclic amines) is 1. The Kier molecular flexibility index (Phi) is 3.03. The minimum absolute atomic E-state index is 0.127. The first kappa shape index (κ1) is 10.6. The Bertz CT molecular complexity index is 332. The molecule has 0 atom stereocenters. The van der Waals surface area contributed by atoms with E-state index in [2.05, 4.69) is 35.9 Å². The molecule has 0 radical (unpaired) electrons. The van der Waals surface area contributed by atoms with Crippen LogP contribution in [0.1, 0.15) is 31.0 Å². The summed E-state index contributed by atoms with van der Waals surface area (Å²) in [6, 6.07) is 4.23. The number of aromatic nitrogens is 1. The van der Waals surface area contributed by atoms with Gasteiger partial charge in [0.1, 0.15) is 0 Å². The minimum Gasteiger partial charge on any atom is -0.390 e. The molecule has 0 unspecified atom stereocenters. The second-order valence-corrected chi connectivity index (χ2v) is 4.58. The Balaban J connectivity index is 1.99. The molecule has 3 nitrogen and oxygen atoms in total. The molecule has 1 fully saturated rings. The second kappa shape index (κ2) is 4.29. The van der Waals surface area contributed by atoms with Gasteiger partial charge >= 0.3 is 0 Å². The van der Waals surface area contributed by atoms with Crippen molar-refractivity contribution in [2.75, 3.05) is 13.1 Å². The molecule has 1 aromatic rings. The number of hydrogen-bond donors (Lipinski definition) is 1. The van der Waals surface area contributed by atoms with E-state index >= 15 is 0 Å². The summed E-state index contributed by atoms with van der Waals surface area (Å²) in [4.78, 5) is 6.55. The maximum absolute atomic E-state index is 9.18. The number of aliphatic hydroxyl groups excluding tert-OH is 1. The molecule has 3 heteroatoms. The Labute approximate surface area is 90.8 Å². The first-order valence-corrected chi connectivity index (χ1v) is 5.50. The van der Waals surface area contributed by atoms with E-state index in [1.807, 2.05) is 6.20 Å². The molecule has 0 aliphatic carbocycles. The predicted molar refractivity (Wildman–Crippen MR) is 59.6 cm³/mol. The molecule has 1 aliphatic heterocycles. The third-order valence-corrected chi connectivity index (χ3v) is 2.83. The maximum Gasteiger partial charge on any atom is 0.0794 e. The number of rotatable bonds is 3.